The number of hydrogen-bond acceptors (Lipinski definition) is 8. The van der Waals surface area contributed by atoms with E-state index in [9.17, 15) is 19.5 Å². The fourth-order valence-electron chi connectivity index (χ4n) is 4.10. The van der Waals surface area contributed by atoms with Gasteiger partial charge >= 0.3 is 5.97 Å². The SMILES string of the molecule is COc1ccc(-c2cc(/C=C/C3=C(C(=O)O)N4C(=O)[C@@H](NC(=O)CSc5ccccc5)C4SC3)on2)cc1. The number of methoxy groups -OCH3 is 1. The maximum atomic E-state index is 12.9. The summed E-state index contributed by atoms with van der Waals surface area (Å²) in [5, 5.41) is 16.2. The van der Waals surface area contributed by atoms with Crippen molar-refractivity contribution in [3.63, 3.8) is 0 Å². The van der Waals surface area contributed by atoms with Gasteiger partial charge in [-0.25, -0.2) is 4.79 Å². The number of amides is 2. The van der Waals surface area contributed by atoms with Crippen molar-refractivity contribution in [1.82, 2.24) is 15.4 Å². The first-order valence-electron chi connectivity index (χ1n) is 11.6. The molecule has 38 heavy (non-hydrogen) atoms. The summed E-state index contributed by atoms with van der Waals surface area (Å²) >= 11 is 2.78. The van der Waals surface area contributed by atoms with Gasteiger partial charge in [0.2, 0.25) is 5.91 Å². The molecule has 1 saturated heterocycles. The molecular formula is C27H23N3O6S2. The average Bonchev–Trinajstić information content (AvgIpc) is 3.42. The lowest BCUT2D eigenvalue weighted by molar-refractivity contribution is -0.150. The van der Waals surface area contributed by atoms with Crippen molar-refractivity contribution in [3.05, 3.63) is 83.8 Å². The molecule has 5 rings (SSSR count). The number of β-lactam (4-membered cyclic amide) rings is 1. The van der Waals surface area contributed by atoms with Crippen LogP contribution < -0.4 is 10.1 Å². The number of hydrogen-bond donors (Lipinski definition) is 2. The third-order valence-corrected chi connectivity index (χ3v) is 8.31. The molecule has 3 aromatic rings. The fourth-order valence-corrected chi connectivity index (χ4v) is 6.15. The molecule has 3 heterocycles. The van der Waals surface area contributed by atoms with E-state index in [1.165, 1.54) is 28.4 Å². The Balaban J connectivity index is 1.25. The third-order valence-electron chi connectivity index (χ3n) is 5.99. The lowest BCUT2D eigenvalue weighted by Gasteiger charge is -2.49. The number of ether oxygens (including phenoxy) is 1. The Morgan fingerprint density at radius 2 is 1.97 bits per heavy atom. The van der Waals surface area contributed by atoms with Crippen molar-refractivity contribution in [3.8, 4) is 17.0 Å². The number of aliphatic carboxylic acids is 1. The van der Waals surface area contributed by atoms with Gasteiger partial charge in [0.15, 0.2) is 5.76 Å². The van der Waals surface area contributed by atoms with Crippen LogP contribution in [0.2, 0.25) is 0 Å². The third kappa shape index (κ3) is 5.34. The van der Waals surface area contributed by atoms with E-state index in [-0.39, 0.29) is 17.4 Å². The number of nitrogens with zero attached hydrogens (tertiary/aromatic N) is 2. The molecule has 2 N–H and O–H groups in total. The standard InChI is InChI=1S/C27H23N3O6S2/c1-35-18-10-7-16(8-11-18)21-13-19(36-29-21)12-9-17-14-38-26-23(25(32)30(26)24(17)27(33)34)28-22(31)15-37-20-5-3-2-4-6-20/h2-13,23,26H,14-15H2,1H3,(H,28,31)(H,33,34)/b12-9+/t23-,26?/m1/s1. The van der Waals surface area contributed by atoms with Crippen LogP contribution in [-0.4, -0.2) is 63.0 Å². The number of fused-ring (bicyclic) bond motifs is 1. The van der Waals surface area contributed by atoms with Crippen LogP contribution in [0.1, 0.15) is 5.76 Å². The van der Waals surface area contributed by atoms with E-state index >= 15 is 0 Å². The lowest BCUT2D eigenvalue weighted by atomic mass is 10.0. The van der Waals surface area contributed by atoms with Crippen LogP contribution in [-0.2, 0) is 14.4 Å². The van der Waals surface area contributed by atoms with Crippen molar-refractivity contribution in [2.75, 3.05) is 18.6 Å². The molecule has 2 aliphatic heterocycles. The second-order valence-electron chi connectivity index (χ2n) is 8.41. The Kier molecular flexibility index (Phi) is 7.57. The van der Waals surface area contributed by atoms with Gasteiger partial charge in [-0.05, 0) is 48.0 Å². The van der Waals surface area contributed by atoms with Crippen LogP contribution in [0.15, 0.2) is 87.4 Å². The number of carbonyl (C=O) groups excluding carboxylic acids is 2. The maximum absolute atomic E-state index is 12.9. The van der Waals surface area contributed by atoms with Gasteiger partial charge < -0.3 is 19.7 Å². The molecule has 0 bridgehead atoms. The minimum atomic E-state index is -1.20. The molecule has 1 fully saturated rings. The summed E-state index contributed by atoms with van der Waals surface area (Å²) < 4.78 is 10.6. The monoisotopic (exact) mass is 549 g/mol. The molecular weight excluding hydrogens is 526 g/mol. The smallest absolute Gasteiger partial charge is 0.352 e. The molecule has 0 aliphatic carbocycles. The molecule has 11 heteroatoms. The van der Waals surface area contributed by atoms with Gasteiger partial charge in [-0.2, -0.15) is 0 Å². The Labute approximate surface area is 226 Å². The van der Waals surface area contributed by atoms with Crippen LogP contribution in [0.4, 0.5) is 0 Å². The number of nitrogens with one attached hydrogen (secondary N) is 1. The summed E-state index contributed by atoms with van der Waals surface area (Å²) in [4.78, 5) is 39.6. The highest BCUT2D eigenvalue weighted by Gasteiger charge is 2.53. The second kappa shape index (κ2) is 11.2. The molecule has 2 aromatic carbocycles. The van der Waals surface area contributed by atoms with Crippen LogP contribution in [0.25, 0.3) is 17.3 Å². The summed E-state index contributed by atoms with van der Waals surface area (Å²) in [5.41, 5.74) is 1.85. The number of rotatable bonds is 9. The van der Waals surface area contributed by atoms with Gasteiger partial charge in [-0.3, -0.25) is 14.5 Å². The summed E-state index contributed by atoms with van der Waals surface area (Å²) in [6, 6.07) is 17.8. The van der Waals surface area contributed by atoms with Crippen LogP contribution in [0, 0.1) is 0 Å². The van der Waals surface area contributed by atoms with E-state index in [0.29, 0.717) is 22.8 Å². The van der Waals surface area contributed by atoms with E-state index in [2.05, 4.69) is 10.5 Å². The zero-order valence-electron chi connectivity index (χ0n) is 20.2. The van der Waals surface area contributed by atoms with Crippen LogP contribution >= 0.6 is 23.5 Å². The van der Waals surface area contributed by atoms with E-state index in [1.54, 1.807) is 25.3 Å². The Morgan fingerprint density at radius 1 is 1.21 bits per heavy atom. The molecule has 0 saturated carbocycles. The molecule has 1 unspecified atom stereocenters. The molecule has 1 aromatic heterocycles. The molecule has 2 amide bonds. The number of carbonyl (C=O) groups is 3. The zero-order valence-corrected chi connectivity index (χ0v) is 21.8. The first-order chi connectivity index (χ1) is 18.4. The van der Waals surface area contributed by atoms with E-state index in [4.69, 9.17) is 9.26 Å². The molecule has 2 atom stereocenters. The van der Waals surface area contributed by atoms with Crippen LogP contribution in [0.5, 0.6) is 5.75 Å². The van der Waals surface area contributed by atoms with Crippen molar-refractivity contribution in [2.24, 2.45) is 0 Å². The highest BCUT2D eigenvalue weighted by molar-refractivity contribution is 8.00. The zero-order chi connectivity index (χ0) is 26.6. The van der Waals surface area contributed by atoms with Gasteiger partial charge in [-0.1, -0.05) is 29.4 Å². The molecule has 194 valence electrons. The van der Waals surface area contributed by atoms with Crippen molar-refractivity contribution in [1.29, 1.82) is 0 Å². The Bertz CT molecular complexity index is 1420. The van der Waals surface area contributed by atoms with Gasteiger partial charge in [-0.15, -0.1) is 23.5 Å². The maximum Gasteiger partial charge on any atom is 0.352 e. The summed E-state index contributed by atoms with van der Waals surface area (Å²) in [7, 11) is 1.59. The quantitative estimate of drug-likeness (QED) is 0.302. The number of carboxylic acid groups (broad SMARTS) is 1. The van der Waals surface area contributed by atoms with Gasteiger partial charge in [0.25, 0.3) is 5.91 Å². The minimum Gasteiger partial charge on any atom is -0.497 e. The molecule has 0 spiro atoms. The fraction of sp³-hybridized carbons (Fsp3) is 0.185. The number of thioether (sulfide) groups is 2. The van der Waals surface area contributed by atoms with Gasteiger partial charge in [0, 0.05) is 22.3 Å². The Morgan fingerprint density at radius 3 is 2.68 bits per heavy atom. The van der Waals surface area contributed by atoms with Crippen molar-refractivity contribution in [2.45, 2.75) is 16.3 Å². The van der Waals surface area contributed by atoms with E-state index < -0.39 is 23.3 Å². The molecule has 0 radical (unpaired) electrons. The normalized spacial score (nSPS) is 18.8. The van der Waals surface area contributed by atoms with Gasteiger partial charge in [0.1, 0.15) is 28.6 Å². The number of carboxylic acids is 1. The largest absolute Gasteiger partial charge is 0.497 e. The first-order valence-corrected chi connectivity index (χ1v) is 13.7. The predicted octanol–water partition coefficient (Wildman–Crippen LogP) is 3.89. The predicted molar refractivity (Wildman–Crippen MR) is 144 cm³/mol. The summed E-state index contributed by atoms with van der Waals surface area (Å²) in [5.74, 6) is -0.229. The summed E-state index contributed by atoms with van der Waals surface area (Å²) in [6.45, 7) is 0. The van der Waals surface area contributed by atoms with E-state index in [0.717, 1.165) is 16.2 Å². The lowest BCUT2D eigenvalue weighted by Crippen LogP contribution is -2.70. The van der Waals surface area contributed by atoms with Gasteiger partial charge in [0.05, 0.1) is 12.9 Å². The van der Waals surface area contributed by atoms with E-state index in [1.807, 2.05) is 54.6 Å². The number of allylic oxidation sites excluding steroid dienone is 1. The van der Waals surface area contributed by atoms with Crippen LogP contribution in [0.3, 0.4) is 0 Å². The van der Waals surface area contributed by atoms with Crippen molar-refractivity contribution < 1.29 is 28.8 Å². The highest BCUT2D eigenvalue weighted by atomic mass is 32.2. The second-order valence-corrected chi connectivity index (χ2v) is 10.6. The molecule has 9 nitrogen and oxygen atoms in total. The van der Waals surface area contributed by atoms with Crippen molar-refractivity contribution >= 4 is 47.4 Å². The highest BCUT2D eigenvalue weighted by Crippen LogP contribution is 2.41. The first kappa shape index (κ1) is 25.7. The minimum absolute atomic E-state index is 0.0888. The average molecular weight is 550 g/mol. The summed E-state index contributed by atoms with van der Waals surface area (Å²) in [6.07, 6.45) is 3.25. The topological polar surface area (TPSA) is 122 Å². The Hall–Kier alpha value is -3.96. The number of aromatic nitrogens is 1. The number of benzene rings is 2. The molecule has 2 aliphatic rings.